The maximum absolute atomic E-state index is 12.8. The Morgan fingerprint density at radius 1 is 0.313 bits per heavy atom. The van der Waals surface area contributed by atoms with Gasteiger partial charge in [-0.2, -0.15) is 0 Å². The predicted molar refractivity (Wildman–Crippen MR) is 288 cm³/mol. The number of hydrogen-bond donors (Lipinski definition) is 0. The van der Waals surface area contributed by atoms with Crippen LogP contribution in [0.1, 0.15) is 226 Å². The molecule has 0 radical (unpaired) electrons. The van der Waals surface area contributed by atoms with Gasteiger partial charge in [0.1, 0.15) is 13.2 Å². The molecule has 378 valence electrons. The van der Waals surface area contributed by atoms with E-state index in [9.17, 15) is 14.4 Å². The second-order valence-electron chi connectivity index (χ2n) is 17.4. The molecule has 0 amide bonds. The van der Waals surface area contributed by atoms with E-state index >= 15 is 0 Å². The smallest absolute Gasteiger partial charge is 0.306 e. The molecular weight excluding hydrogens is 829 g/mol. The van der Waals surface area contributed by atoms with Crippen LogP contribution in [0.25, 0.3) is 0 Å². The quantitative estimate of drug-likeness (QED) is 0.0262. The van der Waals surface area contributed by atoms with Crippen molar-refractivity contribution >= 4 is 17.9 Å². The Balaban J connectivity index is 4.56. The van der Waals surface area contributed by atoms with Crippen LogP contribution in [-0.4, -0.2) is 37.2 Å². The van der Waals surface area contributed by atoms with Gasteiger partial charge in [-0.3, -0.25) is 14.4 Å². The molecule has 6 heteroatoms. The van der Waals surface area contributed by atoms with E-state index in [2.05, 4.69) is 130 Å². The normalized spacial score (nSPS) is 13.1. The Morgan fingerprint density at radius 3 is 1.01 bits per heavy atom. The lowest BCUT2D eigenvalue weighted by atomic mass is 10.1. The molecule has 0 aromatic carbocycles. The fourth-order valence-electron chi connectivity index (χ4n) is 6.95. The number of rotatable bonds is 47. The number of allylic oxidation sites excluding steroid dienone is 20. The molecule has 0 heterocycles. The van der Waals surface area contributed by atoms with E-state index in [4.69, 9.17) is 14.2 Å². The van der Waals surface area contributed by atoms with Gasteiger partial charge < -0.3 is 14.2 Å². The third-order valence-electron chi connectivity index (χ3n) is 10.9. The highest BCUT2D eigenvalue weighted by atomic mass is 16.6. The van der Waals surface area contributed by atoms with Crippen molar-refractivity contribution in [2.24, 2.45) is 0 Å². The van der Waals surface area contributed by atoms with Crippen molar-refractivity contribution in [1.82, 2.24) is 0 Å². The van der Waals surface area contributed by atoms with Gasteiger partial charge in [0.25, 0.3) is 0 Å². The van der Waals surface area contributed by atoms with E-state index in [-0.39, 0.29) is 37.5 Å². The van der Waals surface area contributed by atoms with E-state index < -0.39 is 6.10 Å². The van der Waals surface area contributed by atoms with Crippen LogP contribution in [-0.2, 0) is 28.6 Å². The molecule has 0 rings (SSSR count). The number of unbranched alkanes of at least 4 members (excludes halogenated alkanes) is 16. The maximum Gasteiger partial charge on any atom is 0.306 e. The molecule has 0 bridgehead atoms. The van der Waals surface area contributed by atoms with Crippen molar-refractivity contribution in [2.75, 3.05) is 13.2 Å². The number of esters is 3. The maximum atomic E-state index is 12.8. The summed E-state index contributed by atoms with van der Waals surface area (Å²) >= 11 is 0. The van der Waals surface area contributed by atoms with Gasteiger partial charge in [0, 0.05) is 19.3 Å². The zero-order valence-electron chi connectivity index (χ0n) is 43.1. The van der Waals surface area contributed by atoms with E-state index in [0.29, 0.717) is 19.3 Å². The number of carbonyl (C=O) groups excluding carboxylic acids is 3. The van der Waals surface area contributed by atoms with E-state index in [1.807, 2.05) is 12.2 Å². The number of ether oxygens (including phenoxy) is 3. The van der Waals surface area contributed by atoms with Crippen LogP contribution in [0.2, 0.25) is 0 Å². The lowest BCUT2D eigenvalue weighted by molar-refractivity contribution is -0.166. The third-order valence-corrected chi connectivity index (χ3v) is 10.9. The molecule has 0 aliphatic heterocycles. The van der Waals surface area contributed by atoms with Gasteiger partial charge in [0.15, 0.2) is 6.10 Å². The Hall–Kier alpha value is -4.19. The molecular formula is C61H98O6. The summed E-state index contributed by atoms with van der Waals surface area (Å²) in [5.74, 6) is -1.03. The molecule has 0 aliphatic carbocycles. The highest BCUT2D eigenvalue weighted by molar-refractivity contribution is 5.71. The molecule has 0 saturated heterocycles. The van der Waals surface area contributed by atoms with Gasteiger partial charge in [-0.05, 0) is 116 Å². The summed E-state index contributed by atoms with van der Waals surface area (Å²) in [7, 11) is 0. The summed E-state index contributed by atoms with van der Waals surface area (Å²) in [4.78, 5) is 38.0. The van der Waals surface area contributed by atoms with Crippen molar-refractivity contribution in [1.29, 1.82) is 0 Å². The summed E-state index contributed by atoms with van der Waals surface area (Å²) in [6.07, 6.45) is 74.8. The molecule has 0 fully saturated rings. The summed E-state index contributed by atoms with van der Waals surface area (Å²) in [5.41, 5.74) is 0. The largest absolute Gasteiger partial charge is 0.462 e. The average molecular weight is 927 g/mol. The average Bonchev–Trinajstić information content (AvgIpc) is 3.33. The molecule has 1 unspecified atom stereocenters. The van der Waals surface area contributed by atoms with Gasteiger partial charge in [0.05, 0.1) is 0 Å². The summed E-state index contributed by atoms with van der Waals surface area (Å²) < 4.78 is 16.7. The van der Waals surface area contributed by atoms with Crippen molar-refractivity contribution in [2.45, 2.75) is 232 Å². The van der Waals surface area contributed by atoms with Crippen LogP contribution in [0.5, 0.6) is 0 Å². The number of hydrogen-bond acceptors (Lipinski definition) is 6. The monoisotopic (exact) mass is 927 g/mol. The lowest BCUT2D eigenvalue weighted by Gasteiger charge is -2.18. The molecule has 0 aromatic heterocycles. The topological polar surface area (TPSA) is 78.9 Å². The minimum atomic E-state index is -0.823. The van der Waals surface area contributed by atoms with E-state index in [1.165, 1.54) is 51.4 Å². The standard InChI is InChI=1S/C61H98O6/c1-4-7-10-13-16-19-22-25-28-29-30-31-34-36-39-42-45-48-51-54-60(63)66-57-58(67-61(64)55-52-49-46-43-40-37-33-27-24-21-18-15-12-9-6-3)56-65-59(62)53-50-47-44-41-38-35-32-26-23-20-17-14-11-8-5-2/h7-8,10-11,16-17,19-20,25-28,30-33,36,39,45,48,58H,4-6,9,12-15,18,21-24,29,34-35,37-38,40-44,46-47,49-57H2,1-3H3. The number of carbonyl (C=O) groups is 3. The molecule has 1 atom stereocenters. The zero-order valence-corrected chi connectivity index (χ0v) is 43.1. The second-order valence-corrected chi connectivity index (χ2v) is 17.4. The van der Waals surface area contributed by atoms with Gasteiger partial charge in [-0.25, -0.2) is 0 Å². The van der Waals surface area contributed by atoms with Crippen LogP contribution >= 0.6 is 0 Å². The van der Waals surface area contributed by atoms with E-state index in [0.717, 1.165) is 128 Å². The minimum Gasteiger partial charge on any atom is -0.462 e. The van der Waals surface area contributed by atoms with Crippen LogP contribution in [0.4, 0.5) is 0 Å². The Bertz CT molecular complexity index is 1440. The second kappa shape index (κ2) is 54.4. The van der Waals surface area contributed by atoms with Crippen molar-refractivity contribution < 1.29 is 28.6 Å². The Kier molecular flexibility index (Phi) is 51.0. The molecule has 6 nitrogen and oxygen atoms in total. The SMILES string of the molecule is CCC=CCC=CCC=CCC=CCC=CCC=CCCC(=O)OCC(COC(=O)CCCCCCCC=CCC=CCC=CCC)OC(=O)CCCCCCCC=CCCCCCCCC. The highest BCUT2D eigenvalue weighted by Gasteiger charge is 2.19. The lowest BCUT2D eigenvalue weighted by Crippen LogP contribution is -2.30. The van der Waals surface area contributed by atoms with Gasteiger partial charge >= 0.3 is 17.9 Å². The minimum absolute atomic E-state index is 0.117. The molecule has 67 heavy (non-hydrogen) atoms. The first-order chi connectivity index (χ1) is 33.0. The third kappa shape index (κ3) is 52.6. The fraction of sp³-hybridized carbons (Fsp3) is 0.623. The first-order valence-electron chi connectivity index (χ1n) is 27.0. The van der Waals surface area contributed by atoms with Gasteiger partial charge in [-0.1, -0.05) is 213 Å². The predicted octanol–water partition coefficient (Wildman–Crippen LogP) is 18.1. The molecule has 0 saturated carbocycles. The van der Waals surface area contributed by atoms with Crippen LogP contribution in [0.3, 0.4) is 0 Å². The zero-order chi connectivity index (χ0) is 48.6. The Labute approximate surface area is 412 Å². The highest BCUT2D eigenvalue weighted by Crippen LogP contribution is 2.13. The van der Waals surface area contributed by atoms with Crippen LogP contribution in [0.15, 0.2) is 122 Å². The van der Waals surface area contributed by atoms with E-state index in [1.54, 1.807) is 0 Å². The van der Waals surface area contributed by atoms with Gasteiger partial charge in [0.2, 0.25) is 0 Å². The van der Waals surface area contributed by atoms with Crippen molar-refractivity contribution in [3.05, 3.63) is 122 Å². The summed E-state index contributed by atoms with van der Waals surface area (Å²) in [5, 5.41) is 0. The van der Waals surface area contributed by atoms with Crippen molar-refractivity contribution in [3.63, 3.8) is 0 Å². The first kappa shape index (κ1) is 62.8. The summed E-state index contributed by atoms with van der Waals surface area (Å²) in [6, 6.07) is 0. The van der Waals surface area contributed by atoms with Crippen LogP contribution < -0.4 is 0 Å². The van der Waals surface area contributed by atoms with Crippen molar-refractivity contribution in [3.8, 4) is 0 Å². The molecule has 0 spiro atoms. The Morgan fingerprint density at radius 2 is 0.612 bits per heavy atom. The summed E-state index contributed by atoms with van der Waals surface area (Å²) in [6.45, 7) is 6.31. The molecule has 0 N–H and O–H groups in total. The fourth-order valence-corrected chi connectivity index (χ4v) is 6.95. The molecule has 0 aromatic rings. The van der Waals surface area contributed by atoms with Crippen LogP contribution in [0, 0.1) is 0 Å². The van der Waals surface area contributed by atoms with Gasteiger partial charge in [-0.15, -0.1) is 0 Å². The molecule has 0 aliphatic rings. The first-order valence-corrected chi connectivity index (χ1v) is 27.0.